The van der Waals surface area contributed by atoms with Gasteiger partial charge < -0.3 is 14.8 Å². The van der Waals surface area contributed by atoms with E-state index in [1.807, 2.05) is 25.1 Å². The lowest BCUT2D eigenvalue weighted by molar-refractivity contribution is -0.153. The van der Waals surface area contributed by atoms with Gasteiger partial charge in [0.2, 0.25) is 0 Å². The summed E-state index contributed by atoms with van der Waals surface area (Å²) in [5.41, 5.74) is 2.57. The number of hydrogen-bond acceptors (Lipinski definition) is 3. The standard InChI is InChI=1S/C13H15NO3/c1-3-17-13(16)12(15)10-7-14-11-8(2)5-4-6-9(10)11/h4-7,12,14-15H,3H2,1-2H3. The van der Waals surface area contributed by atoms with E-state index >= 15 is 0 Å². The van der Waals surface area contributed by atoms with E-state index in [9.17, 15) is 9.90 Å². The molecule has 4 heteroatoms. The van der Waals surface area contributed by atoms with E-state index < -0.39 is 12.1 Å². The van der Waals surface area contributed by atoms with Gasteiger partial charge in [0, 0.05) is 22.7 Å². The quantitative estimate of drug-likeness (QED) is 0.798. The van der Waals surface area contributed by atoms with Gasteiger partial charge in [-0.25, -0.2) is 4.79 Å². The van der Waals surface area contributed by atoms with Crippen molar-refractivity contribution in [3.05, 3.63) is 35.5 Å². The van der Waals surface area contributed by atoms with Crippen molar-refractivity contribution in [2.45, 2.75) is 20.0 Å². The second kappa shape index (κ2) is 4.59. The van der Waals surface area contributed by atoms with Crippen molar-refractivity contribution in [2.24, 2.45) is 0 Å². The number of para-hydroxylation sites is 1. The van der Waals surface area contributed by atoms with Crippen LogP contribution in [0.1, 0.15) is 24.2 Å². The van der Waals surface area contributed by atoms with Gasteiger partial charge >= 0.3 is 5.97 Å². The van der Waals surface area contributed by atoms with E-state index in [2.05, 4.69) is 4.98 Å². The lowest BCUT2D eigenvalue weighted by Crippen LogP contribution is -2.14. The number of aliphatic hydroxyl groups excluding tert-OH is 1. The molecular weight excluding hydrogens is 218 g/mol. The maximum Gasteiger partial charge on any atom is 0.339 e. The van der Waals surface area contributed by atoms with Gasteiger partial charge in [-0.15, -0.1) is 0 Å². The Kier molecular flexibility index (Phi) is 3.15. The van der Waals surface area contributed by atoms with Crippen molar-refractivity contribution in [3.63, 3.8) is 0 Å². The Morgan fingerprint density at radius 2 is 2.29 bits per heavy atom. The maximum absolute atomic E-state index is 11.5. The number of esters is 1. The first kappa shape index (κ1) is 11.7. The van der Waals surface area contributed by atoms with Crippen molar-refractivity contribution in [1.82, 2.24) is 4.98 Å². The van der Waals surface area contributed by atoms with Gasteiger partial charge in [0.05, 0.1) is 6.61 Å². The number of ether oxygens (including phenoxy) is 1. The predicted octanol–water partition coefficient (Wildman–Crippen LogP) is 2.07. The van der Waals surface area contributed by atoms with Crippen LogP contribution in [-0.2, 0) is 9.53 Å². The molecule has 4 nitrogen and oxygen atoms in total. The molecular formula is C13H15NO3. The molecule has 0 amide bonds. The molecule has 1 aromatic carbocycles. The van der Waals surface area contributed by atoms with Crippen molar-refractivity contribution >= 4 is 16.9 Å². The Balaban J connectivity index is 2.42. The summed E-state index contributed by atoms with van der Waals surface area (Å²) < 4.78 is 4.80. The SMILES string of the molecule is CCOC(=O)C(O)c1c[nH]c2c(C)cccc12. The largest absolute Gasteiger partial charge is 0.464 e. The van der Waals surface area contributed by atoms with Crippen LogP contribution in [0.3, 0.4) is 0 Å². The summed E-state index contributed by atoms with van der Waals surface area (Å²) in [7, 11) is 0. The molecule has 2 N–H and O–H groups in total. The van der Waals surface area contributed by atoms with Crippen LogP contribution < -0.4 is 0 Å². The summed E-state index contributed by atoms with van der Waals surface area (Å²) >= 11 is 0. The number of aromatic nitrogens is 1. The first-order chi connectivity index (χ1) is 8.15. The molecule has 0 saturated heterocycles. The van der Waals surface area contributed by atoms with Crippen LogP contribution in [0.5, 0.6) is 0 Å². The minimum Gasteiger partial charge on any atom is -0.464 e. The maximum atomic E-state index is 11.5. The van der Waals surface area contributed by atoms with Crippen molar-refractivity contribution < 1.29 is 14.6 Å². The molecule has 1 aromatic heterocycles. The van der Waals surface area contributed by atoms with Crippen molar-refractivity contribution in [3.8, 4) is 0 Å². The molecule has 0 bridgehead atoms. The first-order valence-corrected chi connectivity index (χ1v) is 5.56. The van der Waals surface area contributed by atoms with Crippen molar-refractivity contribution in [2.75, 3.05) is 6.61 Å². The molecule has 1 heterocycles. The van der Waals surface area contributed by atoms with Gasteiger partial charge in [-0.05, 0) is 19.4 Å². The first-order valence-electron chi connectivity index (χ1n) is 5.56. The van der Waals surface area contributed by atoms with E-state index in [-0.39, 0.29) is 6.61 Å². The van der Waals surface area contributed by atoms with E-state index in [4.69, 9.17) is 4.74 Å². The van der Waals surface area contributed by atoms with Crippen LogP contribution in [0.15, 0.2) is 24.4 Å². The molecule has 90 valence electrons. The number of fused-ring (bicyclic) bond motifs is 1. The Morgan fingerprint density at radius 3 is 3.00 bits per heavy atom. The third kappa shape index (κ3) is 2.03. The highest BCUT2D eigenvalue weighted by Crippen LogP contribution is 2.26. The predicted molar refractivity (Wildman–Crippen MR) is 64.6 cm³/mol. The highest BCUT2D eigenvalue weighted by molar-refractivity contribution is 5.90. The summed E-state index contributed by atoms with van der Waals surface area (Å²) in [5, 5.41) is 10.8. The molecule has 0 aliphatic heterocycles. The second-order valence-electron chi connectivity index (χ2n) is 3.90. The summed E-state index contributed by atoms with van der Waals surface area (Å²) in [6.45, 7) is 3.95. The van der Waals surface area contributed by atoms with Crippen LogP contribution in [0.2, 0.25) is 0 Å². The third-order valence-electron chi connectivity index (χ3n) is 2.76. The number of aryl methyl sites for hydroxylation is 1. The van der Waals surface area contributed by atoms with E-state index in [1.165, 1.54) is 0 Å². The van der Waals surface area contributed by atoms with Crippen LogP contribution >= 0.6 is 0 Å². The Morgan fingerprint density at radius 1 is 1.53 bits per heavy atom. The fourth-order valence-corrected chi connectivity index (χ4v) is 1.90. The zero-order valence-corrected chi connectivity index (χ0v) is 9.86. The van der Waals surface area contributed by atoms with Crippen LogP contribution in [-0.4, -0.2) is 22.7 Å². The fraction of sp³-hybridized carbons (Fsp3) is 0.308. The monoisotopic (exact) mass is 233 g/mol. The summed E-state index contributed by atoms with van der Waals surface area (Å²) in [5.74, 6) is -0.616. The molecule has 0 fully saturated rings. The molecule has 1 atom stereocenters. The van der Waals surface area contributed by atoms with E-state index in [0.29, 0.717) is 5.56 Å². The Labute approximate surface area is 99.2 Å². The number of hydrogen-bond donors (Lipinski definition) is 2. The number of carbonyl (C=O) groups excluding carboxylic acids is 1. The van der Waals surface area contributed by atoms with E-state index in [0.717, 1.165) is 16.5 Å². The van der Waals surface area contributed by atoms with Crippen LogP contribution in [0.25, 0.3) is 10.9 Å². The number of carbonyl (C=O) groups is 1. The summed E-state index contributed by atoms with van der Waals surface area (Å²) in [6.07, 6.45) is 0.421. The Bertz CT molecular complexity index is 545. The Hall–Kier alpha value is -1.81. The number of benzene rings is 1. The molecule has 0 saturated carbocycles. The van der Waals surface area contributed by atoms with Crippen molar-refractivity contribution in [1.29, 1.82) is 0 Å². The molecule has 0 aliphatic carbocycles. The zero-order chi connectivity index (χ0) is 12.4. The third-order valence-corrected chi connectivity index (χ3v) is 2.76. The van der Waals surface area contributed by atoms with Gasteiger partial charge in [0.1, 0.15) is 0 Å². The topological polar surface area (TPSA) is 62.3 Å². The number of rotatable bonds is 3. The average Bonchev–Trinajstić information content (AvgIpc) is 2.73. The normalized spacial score (nSPS) is 12.6. The van der Waals surface area contributed by atoms with Gasteiger partial charge in [-0.3, -0.25) is 0 Å². The second-order valence-corrected chi connectivity index (χ2v) is 3.90. The molecule has 0 spiro atoms. The number of nitrogens with one attached hydrogen (secondary N) is 1. The molecule has 1 unspecified atom stereocenters. The van der Waals surface area contributed by atoms with Gasteiger partial charge in [-0.1, -0.05) is 18.2 Å². The molecule has 2 aromatic rings. The number of aromatic amines is 1. The fourth-order valence-electron chi connectivity index (χ4n) is 1.90. The smallest absolute Gasteiger partial charge is 0.339 e. The lowest BCUT2D eigenvalue weighted by Gasteiger charge is -2.08. The number of aliphatic hydroxyl groups is 1. The summed E-state index contributed by atoms with van der Waals surface area (Å²) in [6, 6.07) is 5.74. The van der Waals surface area contributed by atoms with Gasteiger partial charge in [-0.2, -0.15) is 0 Å². The minimum absolute atomic E-state index is 0.261. The molecule has 0 radical (unpaired) electrons. The minimum atomic E-state index is -1.23. The molecule has 0 aliphatic rings. The van der Waals surface area contributed by atoms with Gasteiger partial charge in [0.15, 0.2) is 6.10 Å². The average molecular weight is 233 g/mol. The van der Waals surface area contributed by atoms with Gasteiger partial charge in [0.25, 0.3) is 0 Å². The lowest BCUT2D eigenvalue weighted by atomic mass is 10.1. The zero-order valence-electron chi connectivity index (χ0n) is 9.86. The van der Waals surface area contributed by atoms with Crippen LogP contribution in [0.4, 0.5) is 0 Å². The van der Waals surface area contributed by atoms with Crippen LogP contribution in [0, 0.1) is 6.92 Å². The van der Waals surface area contributed by atoms with E-state index in [1.54, 1.807) is 13.1 Å². The highest BCUT2D eigenvalue weighted by atomic mass is 16.5. The summed E-state index contributed by atoms with van der Waals surface area (Å²) in [4.78, 5) is 14.6. The molecule has 17 heavy (non-hydrogen) atoms. The highest BCUT2D eigenvalue weighted by Gasteiger charge is 2.22. The molecule has 2 rings (SSSR count). The number of H-pyrrole nitrogens is 1.